The summed E-state index contributed by atoms with van der Waals surface area (Å²) in [7, 11) is 4.02. The molecule has 0 heterocycles. The largest absolute Gasteiger partial charge is 0.505 e. The van der Waals surface area contributed by atoms with Crippen molar-refractivity contribution in [3.63, 3.8) is 0 Å². The van der Waals surface area contributed by atoms with Crippen molar-refractivity contribution in [3.8, 4) is 0 Å². The summed E-state index contributed by atoms with van der Waals surface area (Å²) >= 11 is 0. The van der Waals surface area contributed by atoms with Crippen molar-refractivity contribution < 1.29 is 22.1 Å². The molecule has 0 N–H and O–H groups in total. The highest BCUT2D eigenvalue weighted by molar-refractivity contribution is 6.76. The zero-order chi connectivity index (χ0) is 11.9. The van der Waals surface area contributed by atoms with Gasteiger partial charge in [0.05, 0.1) is 5.16 Å². The average molecular weight is 253 g/mol. The minimum Gasteiger partial charge on any atom is -0.397 e. The van der Waals surface area contributed by atoms with Crippen LogP contribution in [-0.4, -0.2) is 53.6 Å². The van der Waals surface area contributed by atoms with Crippen LogP contribution in [0.2, 0.25) is 5.16 Å². The number of hydrogen-bond donors (Lipinski definition) is 0. The highest BCUT2D eigenvalue weighted by Crippen LogP contribution is 2.30. The van der Waals surface area contributed by atoms with Gasteiger partial charge in [0.15, 0.2) is 0 Å². The maximum atomic E-state index is 5.43. The summed E-state index contributed by atoms with van der Waals surface area (Å²) in [5.74, 6) is 0. The molecule has 0 aromatic rings. The van der Waals surface area contributed by atoms with Crippen molar-refractivity contribution in [2.24, 2.45) is 0 Å². The Balaban J connectivity index is 4.86. The van der Waals surface area contributed by atoms with Gasteiger partial charge in [-0.25, -0.2) is 0 Å². The SMILES string of the molecule is CCC([Si](OC)OC)[Si](OC)(OC)OC. The first-order chi connectivity index (χ1) is 7.15. The molecule has 0 saturated carbocycles. The minimum absolute atomic E-state index is 0.0671. The predicted octanol–water partition coefficient (Wildman–Crippen LogP) is 0.965. The van der Waals surface area contributed by atoms with E-state index >= 15 is 0 Å². The highest BCUT2D eigenvalue weighted by atomic mass is 28.4. The molecule has 0 amide bonds. The molecule has 0 bridgehead atoms. The molecule has 7 heteroatoms. The van der Waals surface area contributed by atoms with Crippen LogP contribution in [0.25, 0.3) is 0 Å². The minimum atomic E-state index is -2.66. The molecule has 5 nitrogen and oxygen atoms in total. The van der Waals surface area contributed by atoms with Crippen LogP contribution in [0, 0.1) is 0 Å². The third-order valence-electron chi connectivity index (χ3n) is 2.38. The van der Waals surface area contributed by atoms with Crippen LogP contribution < -0.4 is 0 Å². The van der Waals surface area contributed by atoms with E-state index in [1.165, 1.54) is 0 Å². The molecule has 91 valence electrons. The normalized spacial score (nSPS) is 14.6. The molecule has 0 aliphatic rings. The molecule has 15 heavy (non-hydrogen) atoms. The smallest absolute Gasteiger partial charge is 0.397 e. The molecule has 0 aliphatic heterocycles. The lowest BCUT2D eigenvalue weighted by atomic mass is 10.6. The lowest BCUT2D eigenvalue weighted by Crippen LogP contribution is -2.53. The van der Waals surface area contributed by atoms with Gasteiger partial charge in [-0.1, -0.05) is 6.92 Å². The van der Waals surface area contributed by atoms with Crippen molar-refractivity contribution in [1.82, 2.24) is 0 Å². The van der Waals surface area contributed by atoms with Crippen LogP contribution in [0.15, 0.2) is 0 Å². The molecule has 1 radical (unpaired) electrons. The van der Waals surface area contributed by atoms with Gasteiger partial charge in [0.1, 0.15) is 0 Å². The van der Waals surface area contributed by atoms with Gasteiger partial charge in [-0.15, -0.1) is 0 Å². The molecule has 1 atom stereocenters. The van der Waals surface area contributed by atoms with Gasteiger partial charge < -0.3 is 22.1 Å². The summed E-state index contributed by atoms with van der Waals surface area (Å²) in [5.41, 5.74) is 0. The Labute approximate surface area is 94.8 Å². The van der Waals surface area contributed by atoms with Crippen molar-refractivity contribution in [1.29, 1.82) is 0 Å². The van der Waals surface area contributed by atoms with Gasteiger partial charge in [0.25, 0.3) is 0 Å². The average Bonchev–Trinajstić information content (AvgIpc) is 2.30. The summed E-state index contributed by atoms with van der Waals surface area (Å²) in [6, 6.07) is 0. The zero-order valence-electron chi connectivity index (χ0n) is 10.3. The Morgan fingerprint density at radius 3 is 1.53 bits per heavy atom. The Kier molecular flexibility index (Phi) is 7.61. The van der Waals surface area contributed by atoms with Crippen LogP contribution in [0.5, 0.6) is 0 Å². The number of hydrogen-bond acceptors (Lipinski definition) is 5. The van der Waals surface area contributed by atoms with Crippen LogP contribution in [0.4, 0.5) is 0 Å². The van der Waals surface area contributed by atoms with Gasteiger partial charge in [0, 0.05) is 35.5 Å². The van der Waals surface area contributed by atoms with Crippen LogP contribution in [-0.2, 0) is 22.1 Å². The second kappa shape index (κ2) is 7.50. The van der Waals surface area contributed by atoms with Crippen molar-refractivity contribution in [3.05, 3.63) is 0 Å². The lowest BCUT2D eigenvalue weighted by molar-refractivity contribution is 0.112. The van der Waals surface area contributed by atoms with Crippen molar-refractivity contribution >= 4 is 18.1 Å². The maximum Gasteiger partial charge on any atom is 0.505 e. The summed E-state index contributed by atoms with van der Waals surface area (Å²) in [6.45, 7) is 2.05. The Hall–Kier alpha value is 0.234. The summed E-state index contributed by atoms with van der Waals surface area (Å²) in [4.78, 5) is 0. The van der Waals surface area contributed by atoms with E-state index in [0.29, 0.717) is 0 Å². The first kappa shape index (κ1) is 15.2. The second-order valence-electron chi connectivity index (χ2n) is 2.90. The molecule has 0 aliphatic carbocycles. The molecular formula is C8H21O5Si2. The molecule has 0 aromatic carbocycles. The zero-order valence-corrected chi connectivity index (χ0v) is 12.3. The van der Waals surface area contributed by atoms with E-state index in [0.717, 1.165) is 6.42 Å². The summed E-state index contributed by atoms with van der Waals surface area (Å²) < 4.78 is 27.0. The van der Waals surface area contributed by atoms with Gasteiger partial charge in [-0.05, 0) is 6.42 Å². The molecule has 0 rings (SSSR count). The van der Waals surface area contributed by atoms with Gasteiger partial charge >= 0.3 is 18.1 Å². The first-order valence-corrected chi connectivity index (χ1v) is 7.95. The molecule has 1 unspecified atom stereocenters. The highest BCUT2D eigenvalue weighted by Gasteiger charge is 2.52. The Bertz CT molecular complexity index is 153. The van der Waals surface area contributed by atoms with Crippen LogP contribution in [0.1, 0.15) is 13.3 Å². The quantitative estimate of drug-likeness (QED) is 0.603. The lowest BCUT2D eigenvalue weighted by Gasteiger charge is -2.33. The number of rotatable bonds is 8. The monoisotopic (exact) mass is 253 g/mol. The van der Waals surface area contributed by atoms with E-state index in [2.05, 4.69) is 0 Å². The van der Waals surface area contributed by atoms with Gasteiger partial charge in [0.2, 0.25) is 0 Å². The standard InChI is InChI=1S/C8H21O5Si2/c1-7-8(14(9-2)10-3)15(11-4,12-5)13-6/h8H,7H2,1-6H3. The Morgan fingerprint density at radius 1 is 0.933 bits per heavy atom. The van der Waals surface area contributed by atoms with E-state index in [4.69, 9.17) is 22.1 Å². The third kappa shape index (κ3) is 3.35. The fraction of sp³-hybridized carbons (Fsp3) is 1.00. The fourth-order valence-corrected chi connectivity index (χ4v) is 7.45. The van der Waals surface area contributed by atoms with Crippen molar-refractivity contribution in [2.75, 3.05) is 35.5 Å². The Morgan fingerprint density at radius 2 is 1.33 bits per heavy atom. The maximum absolute atomic E-state index is 5.43. The van der Waals surface area contributed by atoms with Gasteiger partial charge in [-0.3, -0.25) is 0 Å². The van der Waals surface area contributed by atoms with E-state index in [9.17, 15) is 0 Å². The van der Waals surface area contributed by atoms with Crippen LogP contribution in [0.3, 0.4) is 0 Å². The molecular weight excluding hydrogens is 232 g/mol. The van der Waals surface area contributed by atoms with E-state index in [-0.39, 0.29) is 5.16 Å². The molecule has 0 spiro atoms. The molecule has 0 aromatic heterocycles. The molecule has 0 saturated heterocycles. The first-order valence-electron chi connectivity index (χ1n) is 4.75. The third-order valence-corrected chi connectivity index (χ3v) is 8.89. The van der Waals surface area contributed by atoms with Crippen LogP contribution >= 0.6 is 0 Å². The fourth-order valence-electron chi connectivity index (χ4n) is 1.61. The molecule has 0 fully saturated rings. The summed E-state index contributed by atoms with van der Waals surface area (Å²) in [5, 5.41) is 0.0671. The summed E-state index contributed by atoms with van der Waals surface area (Å²) in [6.07, 6.45) is 0.845. The van der Waals surface area contributed by atoms with Gasteiger partial charge in [-0.2, -0.15) is 0 Å². The van der Waals surface area contributed by atoms with E-state index < -0.39 is 18.1 Å². The van der Waals surface area contributed by atoms with Crippen molar-refractivity contribution in [2.45, 2.75) is 18.5 Å². The van der Waals surface area contributed by atoms with E-state index in [1.54, 1.807) is 35.5 Å². The van der Waals surface area contributed by atoms with E-state index in [1.807, 2.05) is 6.92 Å². The second-order valence-corrected chi connectivity index (χ2v) is 8.76. The topological polar surface area (TPSA) is 46.2 Å². The predicted molar refractivity (Wildman–Crippen MR) is 60.6 cm³/mol.